The quantitative estimate of drug-likeness (QED) is 0.721. The molecule has 0 atom stereocenters. The maximum atomic E-state index is 12.3. The molecular formula is C22H23ClN2O3. The Morgan fingerprint density at radius 1 is 1.04 bits per heavy atom. The predicted octanol–water partition coefficient (Wildman–Crippen LogP) is 3.81. The Morgan fingerprint density at radius 3 is 2.29 bits per heavy atom. The summed E-state index contributed by atoms with van der Waals surface area (Å²) in [6.45, 7) is 4.78. The van der Waals surface area contributed by atoms with Gasteiger partial charge in [-0.15, -0.1) is 0 Å². The maximum Gasteiger partial charge on any atom is 0.261 e. The molecule has 6 heteroatoms. The molecule has 1 N–H and O–H groups in total. The van der Waals surface area contributed by atoms with Gasteiger partial charge in [0.15, 0.2) is 0 Å². The average molecular weight is 399 g/mol. The molecule has 0 radical (unpaired) electrons. The topological polar surface area (TPSA) is 66.5 Å². The molecule has 0 saturated carbocycles. The van der Waals surface area contributed by atoms with Crippen molar-refractivity contribution in [1.29, 1.82) is 0 Å². The van der Waals surface area contributed by atoms with Crippen LogP contribution in [0.2, 0.25) is 5.02 Å². The predicted molar refractivity (Wildman–Crippen MR) is 109 cm³/mol. The molecule has 0 bridgehead atoms. The molecule has 3 amide bonds. The second-order valence-corrected chi connectivity index (χ2v) is 8.02. The summed E-state index contributed by atoms with van der Waals surface area (Å²) in [4.78, 5) is 38.1. The number of imide groups is 1. The summed E-state index contributed by atoms with van der Waals surface area (Å²) < 4.78 is 0. The smallest absolute Gasteiger partial charge is 0.261 e. The van der Waals surface area contributed by atoms with Gasteiger partial charge in [0, 0.05) is 29.9 Å². The highest BCUT2D eigenvalue weighted by Gasteiger charge is 2.34. The van der Waals surface area contributed by atoms with E-state index in [-0.39, 0.29) is 36.1 Å². The first-order valence-corrected chi connectivity index (χ1v) is 9.65. The van der Waals surface area contributed by atoms with Crippen LogP contribution in [0.25, 0.3) is 0 Å². The lowest BCUT2D eigenvalue weighted by Gasteiger charge is -2.26. The first-order valence-electron chi connectivity index (χ1n) is 9.27. The molecule has 0 aliphatic carbocycles. The number of rotatable bonds is 7. The van der Waals surface area contributed by atoms with Crippen LogP contribution in [0.15, 0.2) is 48.5 Å². The van der Waals surface area contributed by atoms with Gasteiger partial charge in [-0.3, -0.25) is 19.3 Å². The van der Waals surface area contributed by atoms with Gasteiger partial charge in [-0.2, -0.15) is 0 Å². The van der Waals surface area contributed by atoms with E-state index in [1.165, 1.54) is 4.90 Å². The van der Waals surface area contributed by atoms with Crippen LogP contribution in [-0.2, 0) is 10.2 Å². The molecule has 3 rings (SSSR count). The molecule has 2 aromatic rings. The third-order valence-electron chi connectivity index (χ3n) is 5.00. The Labute approximate surface area is 169 Å². The molecule has 0 spiro atoms. The second kappa shape index (κ2) is 8.15. The number of fused-ring (bicyclic) bond motifs is 1. The number of benzene rings is 2. The zero-order chi connectivity index (χ0) is 20.3. The Hall–Kier alpha value is -2.66. The van der Waals surface area contributed by atoms with E-state index in [1.807, 2.05) is 38.1 Å². The van der Waals surface area contributed by atoms with Crippen LogP contribution in [0.4, 0.5) is 0 Å². The van der Waals surface area contributed by atoms with Crippen LogP contribution in [0, 0.1) is 0 Å². The van der Waals surface area contributed by atoms with Crippen molar-refractivity contribution >= 4 is 29.3 Å². The number of carbonyl (C=O) groups is 3. The number of amides is 3. The van der Waals surface area contributed by atoms with E-state index in [1.54, 1.807) is 24.3 Å². The number of nitrogens with zero attached hydrogens (tertiary/aromatic N) is 1. The Kier molecular flexibility index (Phi) is 5.84. The molecule has 0 aromatic heterocycles. The molecule has 0 unspecified atom stereocenters. The molecule has 1 heterocycles. The lowest BCUT2D eigenvalue weighted by molar-refractivity contribution is -0.121. The minimum Gasteiger partial charge on any atom is -0.355 e. The van der Waals surface area contributed by atoms with E-state index < -0.39 is 0 Å². The Morgan fingerprint density at radius 2 is 1.68 bits per heavy atom. The van der Waals surface area contributed by atoms with Crippen molar-refractivity contribution < 1.29 is 14.4 Å². The molecule has 2 aromatic carbocycles. The van der Waals surface area contributed by atoms with Gasteiger partial charge in [0.2, 0.25) is 5.91 Å². The molecule has 28 heavy (non-hydrogen) atoms. The fourth-order valence-electron chi connectivity index (χ4n) is 3.26. The summed E-state index contributed by atoms with van der Waals surface area (Å²) in [6.07, 6.45) is 0.675. The van der Waals surface area contributed by atoms with Crippen LogP contribution in [0.3, 0.4) is 0 Å². The molecular weight excluding hydrogens is 376 g/mol. The van der Waals surface area contributed by atoms with E-state index in [2.05, 4.69) is 5.32 Å². The van der Waals surface area contributed by atoms with Crippen molar-refractivity contribution in [3.05, 3.63) is 70.2 Å². The number of halogens is 1. The largest absolute Gasteiger partial charge is 0.355 e. The zero-order valence-corrected chi connectivity index (χ0v) is 16.8. The second-order valence-electron chi connectivity index (χ2n) is 7.58. The van der Waals surface area contributed by atoms with Gasteiger partial charge in [0.1, 0.15) is 0 Å². The van der Waals surface area contributed by atoms with Crippen LogP contribution in [0.5, 0.6) is 0 Å². The van der Waals surface area contributed by atoms with E-state index in [0.29, 0.717) is 29.1 Å². The van der Waals surface area contributed by atoms with E-state index >= 15 is 0 Å². The van der Waals surface area contributed by atoms with Crippen molar-refractivity contribution in [2.24, 2.45) is 0 Å². The van der Waals surface area contributed by atoms with E-state index in [9.17, 15) is 14.4 Å². The fourth-order valence-corrected chi connectivity index (χ4v) is 3.45. The maximum absolute atomic E-state index is 12.3. The van der Waals surface area contributed by atoms with Crippen molar-refractivity contribution in [3.63, 3.8) is 0 Å². The van der Waals surface area contributed by atoms with E-state index in [0.717, 1.165) is 5.56 Å². The normalized spacial score (nSPS) is 13.6. The molecule has 1 aliphatic heterocycles. The van der Waals surface area contributed by atoms with Gasteiger partial charge >= 0.3 is 0 Å². The summed E-state index contributed by atoms with van der Waals surface area (Å²) in [7, 11) is 0. The van der Waals surface area contributed by atoms with Gasteiger partial charge in [-0.25, -0.2) is 0 Å². The van der Waals surface area contributed by atoms with Crippen molar-refractivity contribution in [3.8, 4) is 0 Å². The summed E-state index contributed by atoms with van der Waals surface area (Å²) in [5.41, 5.74) is 1.65. The summed E-state index contributed by atoms with van der Waals surface area (Å²) in [5.74, 6) is -0.682. The number of hydrogen-bond acceptors (Lipinski definition) is 3. The SMILES string of the molecule is CC(C)(CNC(=O)CCCN1C(=O)c2ccccc2C1=O)c1cccc(Cl)c1. The first kappa shape index (κ1) is 20.1. The minimum atomic E-state index is -0.289. The highest BCUT2D eigenvalue weighted by molar-refractivity contribution is 6.30. The molecule has 0 saturated heterocycles. The monoisotopic (exact) mass is 398 g/mol. The van der Waals surface area contributed by atoms with Crippen LogP contribution < -0.4 is 5.32 Å². The first-order chi connectivity index (χ1) is 13.3. The highest BCUT2D eigenvalue weighted by Crippen LogP contribution is 2.25. The van der Waals surface area contributed by atoms with Gasteiger partial charge in [0.05, 0.1) is 11.1 Å². The summed E-state index contributed by atoms with van der Waals surface area (Å²) >= 11 is 6.05. The molecule has 146 valence electrons. The highest BCUT2D eigenvalue weighted by atomic mass is 35.5. The lowest BCUT2D eigenvalue weighted by Crippen LogP contribution is -2.37. The lowest BCUT2D eigenvalue weighted by atomic mass is 9.84. The molecule has 5 nitrogen and oxygen atoms in total. The third kappa shape index (κ3) is 4.25. The third-order valence-corrected chi connectivity index (χ3v) is 5.23. The number of nitrogens with one attached hydrogen (secondary N) is 1. The standard InChI is InChI=1S/C22H23ClN2O3/c1-22(2,15-7-5-8-16(23)13-15)14-24-19(26)11-6-12-25-20(27)17-9-3-4-10-18(17)21(25)28/h3-5,7-10,13H,6,11-12,14H2,1-2H3,(H,24,26). The van der Waals surface area contributed by atoms with Gasteiger partial charge in [0.25, 0.3) is 11.8 Å². The number of carbonyl (C=O) groups excluding carboxylic acids is 3. The molecule has 1 aliphatic rings. The average Bonchev–Trinajstić information content (AvgIpc) is 2.92. The fraction of sp³-hybridized carbons (Fsp3) is 0.318. The Bertz CT molecular complexity index is 889. The van der Waals surface area contributed by atoms with Crippen LogP contribution >= 0.6 is 11.6 Å². The van der Waals surface area contributed by atoms with Gasteiger partial charge in [-0.1, -0.05) is 49.7 Å². The van der Waals surface area contributed by atoms with Crippen LogP contribution in [0.1, 0.15) is 53.0 Å². The van der Waals surface area contributed by atoms with Gasteiger partial charge < -0.3 is 5.32 Å². The number of hydrogen-bond donors (Lipinski definition) is 1. The molecule has 0 fully saturated rings. The van der Waals surface area contributed by atoms with E-state index in [4.69, 9.17) is 11.6 Å². The Balaban J connectivity index is 1.48. The summed E-state index contributed by atoms with van der Waals surface area (Å²) in [5, 5.41) is 3.60. The van der Waals surface area contributed by atoms with Crippen molar-refractivity contribution in [2.75, 3.05) is 13.1 Å². The minimum absolute atomic E-state index is 0.105. The van der Waals surface area contributed by atoms with Crippen molar-refractivity contribution in [2.45, 2.75) is 32.1 Å². The zero-order valence-electron chi connectivity index (χ0n) is 16.0. The summed E-state index contributed by atoms with van der Waals surface area (Å²) in [6, 6.07) is 14.4. The van der Waals surface area contributed by atoms with Crippen molar-refractivity contribution in [1.82, 2.24) is 10.2 Å². The van der Waals surface area contributed by atoms with Crippen LogP contribution in [-0.4, -0.2) is 35.7 Å². The van der Waals surface area contributed by atoms with Gasteiger partial charge in [-0.05, 0) is 36.2 Å².